The van der Waals surface area contributed by atoms with Crippen LogP contribution in [0.5, 0.6) is 0 Å². The maximum Gasteiger partial charge on any atom is 0.303 e. The summed E-state index contributed by atoms with van der Waals surface area (Å²) in [4.78, 5) is 105. The van der Waals surface area contributed by atoms with E-state index in [0.29, 0.717) is 37.9 Å². The van der Waals surface area contributed by atoms with Gasteiger partial charge in [-0.3, -0.25) is 38.6 Å². The van der Waals surface area contributed by atoms with Gasteiger partial charge in [-0.1, -0.05) is 121 Å². The second kappa shape index (κ2) is 35.7. The summed E-state index contributed by atoms with van der Waals surface area (Å²) in [6, 6.07) is 6.07. The molecule has 0 radical (unpaired) electrons. The molecule has 3 amide bonds. The number of aliphatic carboxylic acids is 1. The number of carboxylic acids is 1. The third kappa shape index (κ3) is 26.8. The van der Waals surface area contributed by atoms with Crippen LogP contribution in [0.2, 0.25) is 0 Å². The number of carbonyl (C=O) groups excluding carboxylic acids is 6. The van der Waals surface area contributed by atoms with Gasteiger partial charge in [0.05, 0.1) is 24.5 Å². The van der Waals surface area contributed by atoms with E-state index in [4.69, 9.17) is 17.2 Å². The number of amides is 3. The first-order valence-electron chi connectivity index (χ1n) is 25.2. The van der Waals surface area contributed by atoms with Crippen molar-refractivity contribution < 1.29 is 38.7 Å². The fourth-order valence-electron chi connectivity index (χ4n) is 8.26. The van der Waals surface area contributed by atoms with Crippen molar-refractivity contribution in [1.82, 2.24) is 25.9 Å². The molecule has 5 atom stereocenters. The summed E-state index contributed by atoms with van der Waals surface area (Å²) in [6.45, 7) is 4.01. The summed E-state index contributed by atoms with van der Waals surface area (Å²) in [7, 11) is 0. The summed E-state index contributed by atoms with van der Waals surface area (Å²) in [5.41, 5.74) is 18.3. The number of nitrogens with one attached hydrogen (secondary N) is 4. The molecule has 0 unspecified atom stereocenters. The maximum absolute atomic E-state index is 14.5. The van der Waals surface area contributed by atoms with E-state index in [-0.39, 0.29) is 82.0 Å². The quantitative estimate of drug-likeness (QED) is 0.0219. The summed E-state index contributed by atoms with van der Waals surface area (Å²) in [5, 5.41) is 17.7. The molecular formula is C51H83N9O8. The summed E-state index contributed by atoms with van der Waals surface area (Å²) in [5.74, 6) is -5.74. The van der Waals surface area contributed by atoms with Crippen molar-refractivity contribution in [3.05, 3.63) is 54.1 Å². The predicted octanol–water partition coefficient (Wildman–Crippen LogP) is 5.92. The van der Waals surface area contributed by atoms with Gasteiger partial charge >= 0.3 is 5.97 Å². The van der Waals surface area contributed by atoms with Crippen LogP contribution < -0.4 is 33.2 Å². The van der Waals surface area contributed by atoms with Crippen LogP contribution in [0, 0.1) is 11.8 Å². The van der Waals surface area contributed by atoms with Crippen LogP contribution in [0.4, 0.5) is 0 Å². The highest BCUT2D eigenvalue weighted by Gasteiger charge is 2.33. The number of hydrogen-bond acceptors (Lipinski definition) is 10. The van der Waals surface area contributed by atoms with Crippen molar-refractivity contribution in [3.8, 4) is 0 Å². The molecule has 17 nitrogen and oxygen atoms in total. The minimum Gasteiger partial charge on any atom is -0.481 e. The molecule has 0 spiro atoms. The highest BCUT2D eigenvalue weighted by molar-refractivity contribution is 5.96. The topological polar surface area (TPSA) is 295 Å². The van der Waals surface area contributed by atoms with Crippen molar-refractivity contribution in [3.63, 3.8) is 0 Å². The number of rotatable bonds is 41. The van der Waals surface area contributed by atoms with E-state index in [9.17, 15) is 38.7 Å². The van der Waals surface area contributed by atoms with E-state index < -0.39 is 59.3 Å². The number of hydrogen-bond donors (Lipinski definition) is 8. The third-order valence-electron chi connectivity index (χ3n) is 12.3. The number of carboxylic acid groups (broad SMARTS) is 1. The van der Waals surface area contributed by atoms with Crippen LogP contribution in [0.25, 0.3) is 0 Å². The van der Waals surface area contributed by atoms with Crippen molar-refractivity contribution >= 4 is 47.0 Å². The molecule has 0 aliphatic carbocycles. The number of Topliss-reactive ketones (excluding diaryl/α,β-unsaturated/α-hetero) is 3. The standard InChI is InChI=1S/C51H83N9O8/c1-3-4-5-6-7-8-9-10-11-12-13-14-18-26-47(64)58-44(34-41-35-55-36-57-41)46(63)33-40(31-38-22-16-15-17-23-38)50(68)60-43(25-21-30-56-51(53)54)45(62)32-39(24-19-20-29-52)49(67)59-42(37(2)61)27-28-48(65)66/h15-17,22-23,35-36,39-40,42-44H,3-14,18-21,24-34,52H2,1-2H3,(H,55,57)(H,58,64)(H,59,67)(H,60,68)(H,65,66)(H4,53,54,56)/t39-,40-,42+,43+,44+/m1/s1. The van der Waals surface area contributed by atoms with E-state index in [2.05, 4.69) is 37.8 Å². The second-order valence-corrected chi connectivity index (χ2v) is 18.2. The molecule has 2 rings (SSSR count). The molecule has 0 fully saturated rings. The van der Waals surface area contributed by atoms with Crippen molar-refractivity contribution in [2.75, 3.05) is 13.1 Å². The summed E-state index contributed by atoms with van der Waals surface area (Å²) >= 11 is 0. The van der Waals surface area contributed by atoms with E-state index in [1.165, 1.54) is 71.0 Å². The van der Waals surface area contributed by atoms with E-state index in [1.54, 1.807) is 6.20 Å². The SMILES string of the molecule is CCCCCCCCCCCCCCCC(=O)N[C@@H](Cc1cnc[nH]1)C(=O)C[C@@H](Cc1ccccc1)C(=O)N[C@@H](CCCN=C(N)N)C(=O)C[C@@H](CCCCN)C(=O)N[C@@H](CCC(=O)O)C(C)=O. The Labute approximate surface area is 404 Å². The second-order valence-electron chi connectivity index (χ2n) is 18.2. The minimum absolute atomic E-state index is 0.108. The Bertz CT molecular complexity index is 1800. The van der Waals surface area contributed by atoms with Gasteiger partial charge in [0.1, 0.15) is 0 Å². The van der Waals surface area contributed by atoms with Crippen LogP contribution in [0.3, 0.4) is 0 Å². The number of nitrogens with two attached hydrogens (primary N) is 3. The first-order valence-corrected chi connectivity index (χ1v) is 25.2. The van der Waals surface area contributed by atoms with Crippen LogP contribution in [-0.4, -0.2) is 93.3 Å². The zero-order valence-corrected chi connectivity index (χ0v) is 41.0. The van der Waals surface area contributed by atoms with Gasteiger partial charge in [0.15, 0.2) is 23.3 Å². The molecule has 68 heavy (non-hydrogen) atoms. The fourth-order valence-corrected chi connectivity index (χ4v) is 8.26. The Morgan fingerprint density at radius 3 is 1.82 bits per heavy atom. The highest BCUT2D eigenvalue weighted by atomic mass is 16.4. The maximum atomic E-state index is 14.5. The molecule has 0 aliphatic rings. The van der Waals surface area contributed by atoms with Crippen molar-refractivity contribution in [1.29, 1.82) is 0 Å². The van der Waals surface area contributed by atoms with Gasteiger partial charge in [-0.2, -0.15) is 0 Å². The zero-order chi connectivity index (χ0) is 49.9. The fraction of sp³-hybridized carbons (Fsp3) is 0.667. The lowest BCUT2D eigenvalue weighted by molar-refractivity contribution is -0.138. The third-order valence-corrected chi connectivity index (χ3v) is 12.3. The van der Waals surface area contributed by atoms with Gasteiger partial charge in [0, 0.05) is 62.4 Å². The monoisotopic (exact) mass is 950 g/mol. The Kier molecular flexibility index (Phi) is 30.8. The first kappa shape index (κ1) is 58.7. The Morgan fingerprint density at radius 2 is 1.25 bits per heavy atom. The van der Waals surface area contributed by atoms with Crippen LogP contribution in [0.1, 0.15) is 173 Å². The number of aromatic amines is 1. The number of imidazole rings is 1. The van der Waals surface area contributed by atoms with Crippen LogP contribution in [-0.2, 0) is 46.4 Å². The van der Waals surface area contributed by atoms with Crippen molar-refractivity contribution in [2.45, 2.75) is 192 Å². The molecule has 1 aromatic carbocycles. The van der Waals surface area contributed by atoms with Gasteiger partial charge in [-0.05, 0) is 64.0 Å². The van der Waals surface area contributed by atoms with Crippen LogP contribution >= 0.6 is 0 Å². The lowest BCUT2D eigenvalue weighted by Crippen LogP contribution is -2.48. The molecule has 1 heterocycles. The van der Waals surface area contributed by atoms with Crippen molar-refractivity contribution in [2.24, 2.45) is 34.0 Å². The average Bonchev–Trinajstić information content (AvgIpc) is 3.82. The number of nitrogens with zero attached hydrogens (tertiary/aromatic N) is 2. The predicted molar refractivity (Wildman–Crippen MR) is 265 cm³/mol. The largest absolute Gasteiger partial charge is 0.481 e. The zero-order valence-electron chi connectivity index (χ0n) is 41.0. The van der Waals surface area contributed by atoms with E-state index in [1.807, 2.05) is 30.3 Å². The summed E-state index contributed by atoms with van der Waals surface area (Å²) in [6.07, 6.45) is 19.7. The Balaban J connectivity index is 2.25. The minimum atomic E-state index is -1.12. The summed E-state index contributed by atoms with van der Waals surface area (Å²) < 4.78 is 0. The molecule has 0 bridgehead atoms. The molecule has 380 valence electrons. The molecule has 17 heteroatoms. The molecule has 2 aromatic rings. The number of ketones is 3. The smallest absolute Gasteiger partial charge is 0.303 e. The normalized spacial score (nSPS) is 13.3. The van der Waals surface area contributed by atoms with Gasteiger partial charge in [-0.25, -0.2) is 4.98 Å². The van der Waals surface area contributed by atoms with Gasteiger partial charge in [0.25, 0.3) is 0 Å². The highest BCUT2D eigenvalue weighted by Crippen LogP contribution is 2.21. The first-order chi connectivity index (χ1) is 32.7. The number of aromatic nitrogens is 2. The molecule has 0 saturated heterocycles. The number of carbonyl (C=O) groups is 7. The number of aliphatic imine (C=N–C) groups is 1. The van der Waals surface area contributed by atoms with E-state index in [0.717, 1.165) is 24.8 Å². The molecular weight excluding hydrogens is 867 g/mol. The van der Waals surface area contributed by atoms with Gasteiger partial charge in [-0.15, -0.1) is 0 Å². The lowest BCUT2D eigenvalue weighted by Gasteiger charge is -2.26. The Hall–Kier alpha value is -5.45. The number of benzene rings is 1. The number of guanidine groups is 1. The number of unbranched alkanes of at least 4 members (excludes halogenated alkanes) is 13. The molecule has 0 aliphatic heterocycles. The van der Waals surface area contributed by atoms with Gasteiger partial charge in [0.2, 0.25) is 17.7 Å². The molecule has 11 N–H and O–H groups in total. The van der Waals surface area contributed by atoms with E-state index >= 15 is 0 Å². The van der Waals surface area contributed by atoms with Gasteiger partial charge < -0.3 is 43.2 Å². The lowest BCUT2D eigenvalue weighted by atomic mass is 9.88. The van der Waals surface area contributed by atoms with Crippen LogP contribution in [0.15, 0.2) is 47.8 Å². The molecule has 1 aromatic heterocycles. The average molecular weight is 950 g/mol. The Morgan fingerprint density at radius 1 is 0.662 bits per heavy atom. The molecule has 0 saturated carbocycles. The number of H-pyrrole nitrogens is 1.